The highest BCUT2D eigenvalue weighted by molar-refractivity contribution is 7.09. The lowest BCUT2D eigenvalue weighted by Gasteiger charge is -2.10. The molecular weight excluding hydrogens is 495 g/mol. The fourth-order valence-electron chi connectivity index (χ4n) is 2.71. The predicted octanol–water partition coefficient (Wildman–Crippen LogP) is 4.36. The van der Waals surface area contributed by atoms with Crippen LogP contribution in [0.3, 0.4) is 0 Å². The van der Waals surface area contributed by atoms with Crippen molar-refractivity contribution >= 4 is 34.8 Å². The van der Waals surface area contributed by atoms with Crippen LogP contribution in [0.1, 0.15) is 21.1 Å². The molecule has 0 aliphatic rings. The van der Waals surface area contributed by atoms with Crippen LogP contribution >= 0.6 is 22.9 Å². The van der Waals surface area contributed by atoms with Crippen LogP contribution in [0.4, 0.5) is 13.2 Å². The van der Waals surface area contributed by atoms with E-state index >= 15 is 0 Å². The van der Waals surface area contributed by atoms with Gasteiger partial charge in [0.1, 0.15) is 22.2 Å². The zero-order chi connectivity index (χ0) is 24.6. The van der Waals surface area contributed by atoms with Crippen molar-refractivity contribution in [2.75, 3.05) is 13.2 Å². The van der Waals surface area contributed by atoms with Gasteiger partial charge in [0, 0.05) is 16.9 Å². The molecule has 2 aromatic carbocycles. The van der Waals surface area contributed by atoms with E-state index in [1.54, 1.807) is 11.4 Å². The van der Waals surface area contributed by atoms with Gasteiger partial charge in [-0.2, -0.15) is 0 Å². The minimum atomic E-state index is -4.78. The molecule has 0 fully saturated rings. The van der Waals surface area contributed by atoms with E-state index in [0.29, 0.717) is 23.0 Å². The molecule has 7 nitrogen and oxygen atoms in total. The second kappa shape index (κ2) is 11.7. The molecule has 1 aromatic heterocycles. The van der Waals surface area contributed by atoms with Gasteiger partial charge >= 0.3 is 6.36 Å². The summed E-state index contributed by atoms with van der Waals surface area (Å²) >= 11 is 7.16. The maximum atomic E-state index is 12.2. The largest absolute Gasteiger partial charge is 0.573 e. The van der Waals surface area contributed by atoms with Gasteiger partial charge in [0.2, 0.25) is 0 Å². The van der Waals surface area contributed by atoms with E-state index in [1.807, 2.05) is 18.2 Å². The van der Waals surface area contributed by atoms with Crippen LogP contribution in [0.25, 0.3) is 0 Å². The first-order chi connectivity index (χ1) is 16.2. The monoisotopic (exact) mass is 513 g/mol. The summed E-state index contributed by atoms with van der Waals surface area (Å²) in [6.45, 7) is 0.173. The Morgan fingerprint density at radius 1 is 1.06 bits per heavy atom. The molecule has 0 aliphatic heterocycles. The molecule has 0 atom stereocenters. The molecule has 1 heterocycles. The number of aromatic nitrogens is 1. The lowest BCUT2D eigenvalue weighted by atomic mass is 10.1. The molecule has 0 bridgehead atoms. The number of benzene rings is 2. The standard InChI is InChI=1S/C22H19ClF3N3O4S/c23-15-3-1-2-14(10-15)8-9-27-21(31)18-13-34-20(29-18)11-28-19(30)12-32-16-4-6-17(7-5-16)33-22(24,25)26/h1-7,10,13H,8-9,11-12H2,(H,27,31)(H,28,30). The van der Waals surface area contributed by atoms with E-state index < -0.39 is 18.0 Å². The normalized spacial score (nSPS) is 11.1. The van der Waals surface area contributed by atoms with Gasteiger partial charge < -0.3 is 20.1 Å². The lowest BCUT2D eigenvalue weighted by molar-refractivity contribution is -0.274. The molecule has 3 aromatic rings. The number of nitrogens with one attached hydrogen (secondary N) is 2. The van der Waals surface area contributed by atoms with E-state index in [4.69, 9.17) is 16.3 Å². The number of alkyl halides is 3. The van der Waals surface area contributed by atoms with Gasteiger partial charge in [-0.05, 0) is 48.4 Å². The number of halogens is 4. The molecule has 2 N–H and O–H groups in total. The summed E-state index contributed by atoms with van der Waals surface area (Å²) in [4.78, 5) is 28.4. The Balaban J connectivity index is 1.37. The fraction of sp³-hybridized carbons (Fsp3) is 0.227. The first kappa shape index (κ1) is 25.3. The smallest absolute Gasteiger partial charge is 0.484 e. The number of ether oxygens (including phenoxy) is 2. The Morgan fingerprint density at radius 2 is 1.79 bits per heavy atom. The van der Waals surface area contributed by atoms with Gasteiger partial charge in [0.15, 0.2) is 6.61 Å². The summed E-state index contributed by atoms with van der Waals surface area (Å²) in [5, 5.41) is 8.14. The van der Waals surface area contributed by atoms with Gasteiger partial charge in [-0.3, -0.25) is 9.59 Å². The van der Waals surface area contributed by atoms with E-state index in [-0.39, 0.29) is 30.5 Å². The summed E-state index contributed by atoms with van der Waals surface area (Å²) in [7, 11) is 0. The molecule has 0 saturated heterocycles. The first-order valence-electron chi connectivity index (χ1n) is 9.90. The van der Waals surface area contributed by atoms with Crippen LogP contribution in [-0.2, 0) is 17.8 Å². The summed E-state index contributed by atoms with van der Waals surface area (Å²) < 4.78 is 45.5. The number of hydrogen-bond acceptors (Lipinski definition) is 6. The van der Waals surface area contributed by atoms with Gasteiger partial charge in [0.25, 0.3) is 11.8 Å². The van der Waals surface area contributed by atoms with Crippen LogP contribution in [0, 0.1) is 0 Å². The molecular formula is C22H19ClF3N3O4S. The van der Waals surface area contributed by atoms with Crippen molar-refractivity contribution in [2.24, 2.45) is 0 Å². The summed E-state index contributed by atoms with van der Waals surface area (Å²) in [6, 6.07) is 12.0. The highest BCUT2D eigenvalue weighted by atomic mass is 35.5. The number of carbonyl (C=O) groups is 2. The molecule has 34 heavy (non-hydrogen) atoms. The Hall–Kier alpha value is -3.31. The van der Waals surface area contributed by atoms with Crippen LogP contribution < -0.4 is 20.1 Å². The second-order valence-electron chi connectivity index (χ2n) is 6.85. The zero-order valence-corrected chi connectivity index (χ0v) is 19.1. The number of rotatable bonds is 10. The average Bonchev–Trinajstić information content (AvgIpc) is 3.25. The topological polar surface area (TPSA) is 89.6 Å². The molecule has 2 amide bonds. The number of carbonyl (C=O) groups excluding carboxylic acids is 2. The van der Waals surface area contributed by atoms with Crippen molar-refractivity contribution in [2.45, 2.75) is 19.3 Å². The van der Waals surface area contributed by atoms with Crippen molar-refractivity contribution in [1.82, 2.24) is 15.6 Å². The van der Waals surface area contributed by atoms with Gasteiger partial charge in [-0.15, -0.1) is 24.5 Å². The molecule has 180 valence electrons. The Morgan fingerprint density at radius 3 is 2.50 bits per heavy atom. The average molecular weight is 514 g/mol. The number of hydrogen-bond donors (Lipinski definition) is 2. The third-order valence-corrected chi connectivity index (χ3v) is 5.32. The minimum Gasteiger partial charge on any atom is -0.484 e. The zero-order valence-electron chi connectivity index (χ0n) is 17.5. The Bertz CT molecular complexity index is 1120. The molecule has 3 rings (SSSR count). The number of thiazole rings is 1. The molecule has 0 saturated carbocycles. The summed E-state index contributed by atoms with van der Waals surface area (Å²) in [5.41, 5.74) is 1.25. The van der Waals surface area contributed by atoms with E-state index in [0.717, 1.165) is 17.7 Å². The SMILES string of the molecule is O=C(COc1ccc(OC(F)(F)F)cc1)NCc1nc(C(=O)NCCc2cccc(Cl)c2)cs1. The van der Waals surface area contributed by atoms with Crippen molar-refractivity contribution in [3.05, 3.63) is 75.2 Å². The van der Waals surface area contributed by atoms with Crippen LogP contribution in [0.5, 0.6) is 11.5 Å². The lowest BCUT2D eigenvalue weighted by Crippen LogP contribution is -2.28. The van der Waals surface area contributed by atoms with Crippen molar-refractivity contribution in [1.29, 1.82) is 0 Å². The Kier molecular flexibility index (Phi) is 8.72. The van der Waals surface area contributed by atoms with E-state index in [9.17, 15) is 22.8 Å². The number of amides is 2. The van der Waals surface area contributed by atoms with E-state index in [2.05, 4.69) is 20.4 Å². The maximum absolute atomic E-state index is 12.2. The maximum Gasteiger partial charge on any atom is 0.573 e. The third kappa shape index (κ3) is 8.56. The summed E-state index contributed by atoms with van der Waals surface area (Å²) in [6.07, 6.45) is -4.16. The van der Waals surface area contributed by atoms with Gasteiger partial charge in [-0.25, -0.2) is 4.98 Å². The van der Waals surface area contributed by atoms with Crippen LogP contribution in [-0.4, -0.2) is 36.3 Å². The molecule has 0 unspecified atom stereocenters. The van der Waals surface area contributed by atoms with Crippen LogP contribution in [0.2, 0.25) is 5.02 Å². The molecule has 12 heteroatoms. The van der Waals surface area contributed by atoms with E-state index in [1.165, 1.54) is 23.5 Å². The van der Waals surface area contributed by atoms with Crippen molar-refractivity contribution in [3.8, 4) is 11.5 Å². The Labute approximate surface area is 201 Å². The highest BCUT2D eigenvalue weighted by Crippen LogP contribution is 2.24. The van der Waals surface area contributed by atoms with Crippen molar-refractivity contribution < 1.29 is 32.2 Å². The molecule has 0 aliphatic carbocycles. The van der Waals surface area contributed by atoms with Gasteiger partial charge in [-0.1, -0.05) is 23.7 Å². The number of nitrogens with zero attached hydrogens (tertiary/aromatic N) is 1. The summed E-state index contributed by atoms with van der Waals surface area (Å²) in [5.74, 6) is -0.969. The molecule has 0 spiro atoms. The quantitative estimate of drug-likeness (QED) is 0.420. The fourth-order valence-corrected chi connectivity index (χ4v) is 3.64. The molecule has 0 radical (unpaired) electrons. The van der Waals surface area contributed by atoms with Gasteiger partial charge in [0.05, 0.1) is 6.54 Å². The minimum absolute atomic E-state index is 0.0982. The first-order valence-corrected chi connectivity index (χ1v) is 11.2. The van der Waals surface area contributed by atoms with Crippen LogP contribution in [0.15, 0.2) is 53.9 Å². The third-order valence-electron chi connectivity index (χ3n) is 4.24. The van der Waals surface area contributed by atoms with Crippen molar-refractivity contribution in [3.63, 3.8) is 0 Å². The second-order valence-corrected chi connectivity index (χ2v) is 8.23. The highest BCUT2D eigenvalue weighted by Gasteiger charge is 2.31. The predicted molar refractivity (Wildman–Crippen MR) is 120 cm³/mol.